The molecule has 2 heterocycles. The van der Waals surface area contributed by atoms with Crippen LogP contribution in [-0.4, -0.2) is 22.4 Å². The van der Waals surface area contributed by atoms with Gasteiger partial charge in [-0.2, -0.15) is 10.4 Å². The summed E-state index contributed by atoms with van der Waals surface area (Å²) in [5, 5.41) is 13.8. The van der Waals surface area contributed by atoms with E-state index in [1.54, 1.807) is 4.68 Å². The monoisotopic (exact) mass is 294 g/mol. The van der Waals surface area contributed by atoms with Crippen molar-refractivity contribution in [2.75, 3.05) is 11.4 Å². The number of benzene rings is 1. The highest BCUT2D eigenvalue weighted by atomic mass is 15.2. The van der Waals surface area contributed by atoms with E-state index < -0.39 is 0 Å². The zero-order chi connectivity index (χ0) is 15.9. The number of hydrogen-bond donors (Lipinski definition) is 0. The van der Waals surface area contributed by atoms with Gasteiger partial charge in [0.2, 0.25) is 0 Å². The van der Waals surface area contributed by atoms with Crippen LogP contribution in [0.25, 0.3) is 11.1 Å². The van der Waals surface area contributed by atoms with Gasteiger partial charge in [0, 0.05) is 42.6 Å². The minimum Gasteiger partial charge on any atom is -0.369 e. The number of aryl methyl sites for hydroxylation is 1. The summed E-state index contributed by atoms with van der Waals surface area (Å²) in [6.45, 7) is 7.75. The van der Waals surface area contributed by atoms with Crippen LogP contribution >= 0.6 is 0 Å². The molecule has 2 aromatic rings. The summed E-state index contributed by atoms with van der Waals surface area (Å²) in [4.78, 5) is 2.41. The Morgan fingerprint density at radius 1 is 1.36 bits per heavy atom. The summed E-state index contributed by atoms with van der Waals surface area (Å²) in [7, 11) is 1.90. The number of nitrogens with zero attached hydrogens (tertiary/aromatic N) is 4. The molecule has 0 fully saturated rings. The average molecular weight is 294 g/mol. The van der Waals surface area contributed by atoms with Gasteiger partial charge in [-0.25, -0.2) is 0 Å². The first-order chi connectivity index (χ1) is 10.5. The lowest BCUT2D eigenvalue weighted by Gasteiger charge is -2.38. The largest absolute Gasteiger partial charge is 0.369 e. The van der Waals surface area contributed by atoms with Gasteiger partial charge < -0.3 is 4.90 Å². The average Bonchev–Trinajstić information content (AvgIpc) is 2.92. The summed E-state index contributed by atoms with van der Waals surface area (Å²) in [6, 6.07) is 7.07. The molecule has 0 bridgehead atoms. The molecule has 4 heteroatoms. The van der Waals surface area contributed by atoms with Gasteiger partial charge in [-0.15, -0.1) is 0 Å². The topological polar surface area (TPSA) is 44.9 Å². The fourth-order valence-electron chi connectivity index (χ4n) is 3.29. The maximum atomic E-state index is 9.58. The summed E-state index contributed by atoms with van der Waals surface area (Å²) in [5.74, 6) is 0.521. The Morgan fingerprint density at radius 3 is 2.73 bits per heavy atom. The number of hydrogen-bond acceptors (Lipinski definition) is 3. The lowest BCUT2D eigenvalue weighted by molar-refractivity contribution is 0.573. The fourth-order valence-corrected chi connectivity index (χ4v) is 3.29. The van der Waals surface area contributed by atoms with Crippen molar-refractivity contribution in [2.45, 2.75) is 39.2 Å². The van der Waals surface area contributed by atoms with Crippen LogP contribution in [0.1, 0.15) is 44.2 Å². The first-order valence-corrected chi connectivity index (χ1v) is 7.85. The third kappa shape index (κ3) is 2.37. The second kappa shape index (κ2) is 5.49. The number of anilines is 1. The Kier molecular flexibility index (Phi) is 3.66. The van der Waals surface area contributed by atoms with Gasteiger partial charge in [0.25, 0.3) is 0 Å². The summed E-state index contributed by atoms with van der Waals surface area (Å²) < 4.78 is 1.78. The van der Waals surface area contributed by atoms with Crippen molar-refractivity contribution in [1.29, 1.82) is 5.26 Å². The second-order valence-corrected chi connectivity index (χ2v) is 6.45. The van der Waals surface area contributed by atoms with Crippen LogP contribution in [0.3, 0.4) is 0 Å². The molecule has 0 amide bonds. The summed E-state index contributed by atoms with van der Waals surface area (Å²) in [6.07, 6.45) is 4.95. The maximum absolute atomic E-state index is 9.58. The molecule has 1 aliphatic rings. The van der Waals surface area contributed by atoms with Crippen molar-refractivity contribution in [2.24, 2.45) is 7.05 Å². The Labute approximate surface area is 132 Å². The van der Waals surface area contributed by atoms with Gasteiger partial charge in [0.05, 0.1) is 17.8 Å². The van der Waals surface area contributed by atoms with Gasteiger partial charge >= 0.3 is 0 Å². The third-order valence-corrected chi connectivity index (χ3v) is 4.57. The molecule has 114 valence electrons. The van der Waals surface area contributed by atoms with Crippen molar-refractivity contribution >= 4 is 5.69 Å². The zero-order valence-electron chi connectivity index (χ0n) is 13.7. The van der Waals surface area contributed by atoms with Gasteiger partial charge in [0.15, 0.2) is 0 Å². The van der Waals surface area contributed by atoms with Crippen molar-refractivity contribution in [3.05, 3.63) is 35.7 Å². The smallest absolute Gasteiger partial charge is 0.0998 e. The number of rotatable bonds is 2. The summed E-state index contributed by atoms with van der Waals surface area (Å²) >= 11 is 0. The molecular formula is C18H22N4. The lowest BCUT2D eigenvalue weighted by atomic mass is 9.87. The number of aromatic nitrogens is 2. The van der Waals surface area contributed by atoms with Crippen LogP contribution in [-0.2, 0) is 7.05 Å². The predicted molar refractivity (Wildman–Crippen MR) is 88.9 cm³/mol. The molecule has 0 N–H and O–H groups in total. The Morgan fingerprint density at radius 2 is 2.14 bits per heavy atom. The fraction of sp³-hybridized carbons (Fsp3) is 0.444. The van der Waals surface area contributed by atoms with Gasteiger partial charge in [-0.05, 0) is 43.9 Å². The van der Waals surface area contributed by atoms with Crippen molar-refractivity contribution in [1.82, 2.24) is 9.78 Å². The van der Waals surface area contributed by atoms with E-state index in [1.807, 2.05) is 19.4 Å². The summed E-state index contributed by atoms with van der Waals surface area (Å²) in [5.41, 5.74) is 5.30. The molecule has 22 heavy (non-hydrogen) atoms. The van der Waals surface area contributed by atoms with Crippen LogP contribution < -0.4 is 4.90 Å². The van der Waals surface area contributed by atoms with Crippen LogP contribution in [0.5, 0.6) is 0 Å². The Bertz CT molecular complexity index is 736. The van der Waals surface area contributed by atoms with Gasteiger partial charge in [0.1, 0.15) is 0 Å². The van der Waals surface area contributed by atoms with Crippen molar-refractivity contribution in [3.8, 4) is 17.2 Å². The first kappa shape index (κ1) is 14.6. The number of nitriles is 1. The van der Waals surface area contributed by atoms with Crippen molar-refractivity contribution < 1.29 is 0 Å². The molecule has 0 spiro atoms. The maximum Gasteiger partial charge on any atom is 0.0998 e. The standard InChI is InChI=1S/C18H22N4/c1-12(2)22-6-5-13(3)16-8-17(14(9-19)7-18(16)22)15-10-20-21(4)11-15/h7-8,10-13H,5-6H2,1-4H3/t13-/m0/s1. The first-order valence-electron chi connectivity index (χ1n) is 7.85. The molecule has 0 saturated heterocycles. The quantitative estimate of drug-likeness (QED) is 0.848. The highest BCUT2D eigenvalue weighted by Crippen LogP contribution is 2.40. The van der Waals surface area contributed by atoms with E-state index in [2.05, 4.69) is 49.0 Å². The predicted octanol–water partition coefficient (Wildman–Crippen LogP) is 3.68. The van der Waals surface area contributed by atoms with Crippen molar-refractivity contribution in [3.63, 3.8) is 0 Å². The third-order valence-electron chi connectivity index (χ3n) is 4.57. The van der Waals surface area contributed by atoms with E-state index in [0.29, 0.717) is 12.0 Å². The number of fused-ring (bicyclic) bond motifs is 1. The molecule has 3 rings (SSSR count). The SMILES string of the molecule is CC(C)N1CC[C@H](C)c2cc(-c3cnn(C)c3)c(C#N)cc21. The molecule has 1 aromatic carbocycles. The second-order valence-electron chi connectivity index (χ2n) is 6.45. The van der Waals surface area contributed by atoms with Crippen LogP contribution in [0.15, 0.2) is 24.5 Å². The van der Waals surface area contributed by atoms with E-state index in [4.69, 9.17) is 0 Å². The van der Waals surface area contributed by atoms with E-state index in [-0.39, 0.29) is 0 Å². The molecule has 0 unspecified atom stereocenters. The molecule has 1 aromatic heterocycles. The van der Waals surface area contributed by atoms with E-state index in [0.717, 1.165) is 29.7 Å². The highest BCUT2D eigenvalue weighted by molar-refractivity contribution is 5.76. The highest BCUT2D eigenvalue weighted by Gasteiger charge is 2.26. The molecular weight excluding hydrogens is 272 g/mol. The lowest BCUT2D eigenvalue weighted by Crippen LogP contribution is -2.36. The molecule has 1 atom stereocenters. The molecule has 4 nitrogen and oxygen atoms in total. The molecule has 0 saturated carbocycles. The van der Waals surface area contributed by atoms with Crippen LogP contribution in [0, 0.1) is 11.3 Å². The van der Waals surface area contributed by atoms with E-state index in [1.165, 1.54) is 11.3 Å². The minimum absolute atomic E-state index is 0.446. The van der Waals surface area contributed by atoms with E-state index >= 15 is 0 Å². The van der Waals surface area contributed by atoms with Crippen LogP contribution in [0.4, 0.5) is 5.69 Å². The van der Waals surface area contributed by atoms with Gasteiger partial charge in [-0.1, -0.05) is 6.92 Å². The molecule has 0 radical (unpaired) electrons. The van der Waals surface area contributed by atoms with Crippen LogP contribution in [0.2, 0.25) is 0 Å². The Hall–Kier alpha value is -2.28. The Balaban J connectivity index is 2.19. The van der Waals surface area contributed by atoms with E-state index in [9.17, 15) is 5.26 Å². The normalized spacial score (nSPS) is 17.5. The zero-order valence-corrected chi connectivity index (χ0v) is 13.7. The molecule has 0 aliphatic carbocycles. The van der Waals surface area contributed by atoms with Gasteiger partial charge in [-0.3, -0.25) is 4.68 Å². The molecule has 1 aliphatic heterocycles. The minimum atomic E-state index is 0.446.